The fourth-order valence-corrected chi connectivity index (χ4v) is 3.09. The molecule has 0 aromatic heterocycles. The number of amides is 1. The maximum Gasteiger partial charge on any atom is 0.255 e. The second-order valence-corrected chi connectivity index (χ2v) is 6.37. The highest BCUT2D eigenvalue weighted by Crippen LogP contribution is 2.31. The fraction of sp³-hybridized carbons (Fsp3) is 0.278. The first-order valence-corrected chi connectivity index (χ1v) is 8.20. The zero-order valence-electron chi connectivity index (χ0n) is 12.5. The van der Waals surface area contributed by atoms with E-state index in [4.69, 9.17) is 4.74 Å². The van der Waals surface area contributed by atoms with Crippen molar-refractivity contribution < 1.29 is 9.53 Å². The molecule has 22 heavy (non-hydrogen) atoms. The normalized spacial score (nSPS) is 14.7. The third kappa shape index (κ3) is 3.23. The van der Waals surface area contributed by atoms with Crippen LogP contribution >= 0.6 is 15.9 Å². The van der Waals surface area contributed by atoms with E-state index in [9.17, 15) is 4.79 Å². The van der Waals surface area contributed by atoms with Gasteiger partial charge in [0.1, 0.15) is 6.10 Å². The summed E-state index contributed by atoms with van der Waals surface area (Å²) in [6.07, 6.45) is 0.446. The Morgan fingerprint density at radius 2 is 2.05 bits per heavy atom. The molecule has 4 heteroatoms. The minimum Gasteiger partial charge on any atom is -0.364 e. The van der Waals surface area contributed by atoms with Crippen molar-refractivity contribution >= 4 is 27.5 Å². The fourth-order valence-electron chi connectivity index (χ4n) is 2.69. The van der Waals surface area contributed by atoms with Gasteiger partial charge >= 0.3 is 0 Å². The van der Waals surface area contributed by atoms with E-state index in [1.807, 2.05) is 54.3 Å². The van der Waals surface area contributed by atoms with Crippen LogP contribution in [-0.2, 0) is 22.6 Å². The molecule has 0 spiro atoms. The van der Waals surface area contributed by atoms with Crippen LogP contribution in [0, 0.1) is 0 Å². The van der Waals surface area contributed by atoms with Gasteiger partial charge in [0.25, 0.3) is 5.91 Å². The standard InChI is InChI=1S/C18H18BrNO2/c1-13(22-12-14-5-3-2-4-6-14)18(21)20-10-9-15-11-16(19)7-8-17(15)20/h2-8,11,13H,9-10,12H2,1H3. The first kappa shape index (κ1) is 15.3. The van der Waals surface area contributed by atoms with E-state index >= 15 is 0 Å². The molecule has 3 nitrogen and oxygen atoms in total. The monoisotopic (exact) mass is 359 g/mol. The van der Waals surface area contributed by atoms with Crippen LogP contribution in [0.1, 0.15) is 18.1 Å². The number of fused-ring (bicyclic) bond motifs is 1. The van der Waals surface area contributed by atoms with Gasteiger partial charge in [-0.15, -0.1) is 0 Å². The molecular formula is C18H18BrNO2. The second kappa shape index (κ2) is 6.63. The largest absolute Gasteiger partial charge is 0.364 e. The van der Waals surface area contributed by atoms with E-state index in [1.165, 1.54) is 5.56 Å². The number of halogens is 1. The summed E-state index contributed by atoms with van der Waals surface area (Å²) in [5, 5.41) is 0. The molecule has 0 N–H and O–H groups in total. The minimum atomic E-state index is -0.449. The Labute approximate surface area is 139 Å². The first-order chi connectivity index (χ1) is 10.6. The van der Waals surface area contributed by atoms with Crippen molar-refractivity contribution in [2.75, 3.05) is 11.4 Å². The molecule has 0 saturated carbocycles. The molecule has 1 aliphatic rings. The highest BCUT2D eigenvalue weighted by molar-refractivity contribution is 9.10. The lowest BCUT2D eigenvalue weighted by atomic mass is 10.2. The van der Waals surface area contributed by atoms with Crippen LogP contribution in [-0.4, -0.2) is 18.6 Å². The number of rotatable bonds is 4. The molecule has 1 unspecified atom stereocenters. The number of carbonyl (C=O) groups is 1. The molecule has 0 radical (unpaired) electrons. The van der Waals surface area contributed by atoms with E-state index < -0.39 is 6.10 Å². The Bertz CT molecular complexity index is 672. The zero-order chi connectivity index (χ0) is 15.5. The number of nitrogens with zero attached hydrogens (tertiary/aromatic N) is 1. The van der Waals surface area contributed by atoms with Crippen molar-refractivity contribution in [2.45, 2.75) is 26.1 Å². The number of benzene rings is 2. The van der Waals surface area contributed by atoms with Crippen LogP contribution in [0.3, 0.4) is 0 Å². The van der Waals surface area contributed by atoms with E-state index in [0.29, 0.717) is 6.61 Å². The maximum absolute atomic E-state index is 12.6. The highest BCUT2D eigenvalue weighted by Gasteiger charge is 2.28. The molecule has 0 saturated heterocycles. The summed E-state index contributed by atoms with van der Waals surface area (Å²) >= 11 is 3.47. The average Bonchev–Trinajstić information content (AvgIpc) is 2.95. The third-order valence-corrected chi connectivity index (χ3v) is 4.39. The predicted molar refractivity (Wildman–Crippen MR) is 90.9 cm³/mol. The first-order valence-electron chi connectivity index (χ1n) is 7.40. The number of hydrogen-bond acceptors (Lipinski definition) is 2. The summed E-state index contributed by atoms with van der Waals surface area (Å²) in [7, 11) is 0. The van der Waals surface area contributed by atoms with Crippen LogP contribution < -0.4 is 4.90 Å². The van der Waals surface area contributed by atoms with Crippen molar-refractivity contribution in [2.24, 2.45) is 0 Å². The van der Waals surface area contributed by atoms with Crippen molar-refractivity contribution in [3.63, 3.8) is 0 Å². The molecule has 1 amide bonds. The Morgan fingerprint density at radius 3 is 2.82 bits per heavy atom. The summed E-state index contributed by atoms with van der Waals surface area (Å²) in [5.74, 6) is 0.0250. The Morgan fingerprint density at radius 1 is 1.27 bits per heavy atom. The van der Waals surface area contributed by atoms with Crippen molar-refractivity contribution in [3.05, 3.63) is 64.1 Å². The lowest BCUT2D eigenvalue weighted by molar-refractivity contribution is -0.129. The van der Waals surface area contributed by atoms with Gasteiger partial charge in [-0.3, -0.25) is 4.79 Å². The molecule has 0 fully saturated rings. The molecule has 1 atom stereocenters. The second-order valence-electron chi connectivity index (χ2n) is 5.45. The van der Waals surface area contributed by atoms with Crippen LogP contribution in [0.15, 0.2) is 53.0 Å². The average molecular weight is 360 g/mol. The van der Waals surface area contributed by atoms with E-state index in [0.717, 1.165) is 28.7 Å². The van der Waals surface area contributed by atoms with Crippen LogP contribution in [0.4, 0.5) is 5.69 Å². The molecule has 3 rings (SSSR count). The summed E-state index contributed by atoms with van der Waals surface area (Å²) in [6.45, 7) is 3.00. The molecular weight excluding hydrogens is 342 g/mol. The Kier molecular flexibility index (Phi) is 4.60. The van der Waals surface area contributed by atoms with Gasteiger partial charge in [0, 0.05) is 16.7 Å². The molecule has 1 heterocycles. The highest BCUT2D eigenvalue weighted by atomic mass is 79.9. The summed E-state index contributed by atoms with van der Waals surface area (Å²) < 4.78 is 6.79. The van der Waals surface area contributed by atoms with Gasteiger partial charge in [0.15, 0.2) is 0 Å². The van der Waals surface area contributed by atoms with Crippen LogP contribution in [0.2, 0.25) is 0 Å². The van der Waals surface area contributed by atoms with Crippen molar-refractivity contribution in [1.82, 2.24) is 0 Å². The van der Waals surface area contributed by atoms with Crippen LogP contribution in [0.25, 0.3) is 0 Å². The van der Waals surface area contributed by atoms with Gasteiger partial charge in [-0.05, 0) is 42.7 Å². The molecule has 1 aliphatic heterocycles. The Balaban J connectivity index is 1.65. The van der Waals surface area contributed by atoms with Crippen molar-refractivity contribution in [3.8, 4) is 0 Å². The van der Waals surface area contributed by atoms with Gasteiger partial charge in [-0.1, -0.05) is 46.3 Å². The molecule has 0 bridgehead atoms. The van der Waals surface area contributed by atoms with Crippen LogP contribution in [0.5, 0.6) is 0 Å². The number of carbonyl (C=O) groups excluding carboxylic acids is 1. The third-order valence-electron chi connectivity index (χ3n) is 3.89. The van der Waals surface area contributed by atoms with E-state index in [1.54, 1.807) is 0 Å². The predicted octanol–water partition coefficient (Wildman–Crippen LogP) is 3.94. The zero-order valence-corrected chi connectivity index (χ0v) is 14.0. The summed E-state index contributed by atoms with van der Waals surface area (Å²) in [4.78, 5) is 14.4. The summed E-state index contributed by atoms with van der Waals surface area (Å²) in [6, 6.07) is 16.0. The molecule has 0 aliphatic carbocycles. The smallest absolute Gasteiger partial charge is 0.255 e. The lowest BCUT2D eigenvalue weighted by Gasteiger charge is -2.22. The van der Waals surface area contributed by atoms with Gasteiger partial charge < -0.3 is 9.64 Å². The van der Waals surface area contributed by atoms with E-state index in [2.05, 4.69) is 22.0 Å². The van der Waals surface area contributed by atoms with Crippen molar-refractivity contribution in [1.29, 1.82) is 0 Å². The Hall–Kier alpha value is -1.65. The molecule has 114 valence electrons. The quantitative estimate of drug-likeness (QED) is 0.827. The lowest BCUT2D eigenvalue weighted by Crippen LogP contribution is -2.38. The molecule has 2 aromatic rings. The number of ether oxygens (including phenoxy) is 1. The van der Waals surface area contributed by atoms with Gasteiger partial charge in [-0.2, -0.15) is 0 Å². The van der Waals surface area contributed by atoms with E-state index in [-0.39, 0.29) is 5.91 Å². The SMILES string of the molecule is CC(OCc1ccccc1)C(=O)N1CCc2cc(Br)ccc21. The molecule has 2 aromatic carbocycles. The number of hydrogen-bond donors (Lipinski definition) is 0. The van der Waals surface area contributed by atoms with Gasteiger partial charge in [-0.25, -0.2) is 0 Å². The minimum absolute atomic E-state index is 0.0250. The maximum atomic E-state index is 12.6. The topological polar surface area (TPSA) is 29.5 Å². The number of anilines is 1. The summed E-state index contributed by atoms with van der Waals surface area (Å²) in [5.41, 5.74) is 3.29. The van der Waals surface area contributed by atoms with Gasteiger partial charge in [0.05, 0.1) is 6.61 Å². The van der Waals surface area contributed by atoms with Gasteiger partial charge in [0.2, 0.25) is 0 Å².